The van der Waals surface area contributed by atoms with Gasteiger partial charge in [-0.2, -0.15) is 0 Å². The van der Waals surface area contributed by atoms with Crippen molar-refractivity contribution >= 4 is 11.8 Å². The number of nitrogens with one attached hydrogen (secondary N) is 2. The molecule has 3 aromatic carbocycles. The predicted octanol–water partition coefficient (Wildman–Crippen LogP) is 3.60. The SMILES string of the molecule is CC(NC(=O)COc1ccccc1C(=O)NCc1ccccc1)c1ccc2c(c1)OCO2. The van der Waals surface area contributed by atoms with Crippen molar-refractivity contribution in [3.05, 3.63) is 89.5 Å². The summed E-state index contributed by atoms with van der Waals surface area (Å²) in [7, 11) is 0. The lowest BCUT2D eigenvalue weighted by molar-refractivity contribution is -0.123. The van der Waals surface area contributed by atoms with Crippen LogP contribution in [-0.4, -0.2) is 25.2 Å². The third-order valence-electron chi connectivity index (χ3n) is 5.06. The van der Waals surface area contributed by atoms with Gasteiger partial charge in [0.2, 0.25) is 6.79 Å². The second-order valence-electron chi connectivity index (χ2n) is 7.36. The number of benzene rings is 3. The Balaban J connectivity index is 1.32. The monoisotopic (exact) mass is 432 g/mol. The first-order valence-corrected chi connectivity index (χ1v) is 10.3. The lowest BCUT2D eigenvalue weighted by Crippen LogP contribution is -2.31. The van der Waals surface area contributed by atoms with Crippen LogP contribution in [0.2, 0.25) is 0 Å². The fourth-order valence-corrected chi connectivity index (χ4v) is 3.35. The number of hydrogen-bond donors (Lipinski definition) is 2. The Hall–Kier alpha value is -4.00. The van der Waals surface area contributed by atoms with Crippen LogP contribution in [0.4, 0.5) is 0 Å². The molecule has 0 saturated heterocycles. The molecule has 1 atom stereocenters. The zero-order chi connectivity index (χ0) is 22.3. The van der Waals surface area contributed by atoms with Crippen LogP contribution in [0.5, 0.6) is 17.2 Å². The van der Waals surface area contributed by atoms with E-state index in [9.17, 15) is 9.59 Å². The summed E-state index contributed by atoms with van der Waals surface area (Å²) < 4.78 is 16.4. The van der Waals surface area contributed by atoms with Gasteiger partial charge in [-0.15, -0.1) is 0 Å². The van der Waals surface area contributed by atoms with Gasteiger partial charge in [-0.05, 0) is 42.3 Å². The van der Waals surface area contributed by atoms with Crippen molar-refractivity contribution in [2.75, 3.05) is 13.4 Å². The summed E-state index contributed by atoms with van der Waals surface area (Å²) in [5, 5.41) is 5.77. The highest BCUT2D eigenvalue weighted by Crippen LogP contribution is 2.34. The normalized spacial score (nSPS) is 12.7. The molecule has 0 bridgehead atoms. The van der Waals surface area contributed by atoms with Crippen LogP contribution in [0.1, 0.15) is 34.5 Å². The first-order valence-electron chi connectivity index (χ1n) is 10.3. The number of carbonyl (C=O) groups is 2. The minimum absolute atomic E-state index is 0.200. The zero-order valence-corrected chi connectivity index (χ0v) is 17.7. The largest absolute Gasteiger partial charge is 0.483 e. The van der Waals surface area contributed by atoms with Gasteiger partial charge >= 0.3 is 0 Å². The Kier molecular flexibility index (Phi) is 6.55. The van der Waals surface area contributed by atoms with E-state index in [1.807, 2.05) is 55.5 Å². The van der Waals surface area contributed by atoms with E-state index in [0.29, 0.717) is 29.4 Å². The molecule has 1 aliphatic heterocycles. The van der Waals surface area contributed by atoms with Crippen LogP contribution in [0.25, 0.3) is 0 Å². The van der Waals surface area contributed by atoms with E-state index in [-0.39, 0.29) is 31.3 Å². The molecule has 32 heavy (non-hydrogen) atoms. The molecule has 1 aliphatic rings. The Morgan fingerprint density at radius 3 is 2.56 bits per heavy atom. The molecule has 3 aromatic rings. The molecular formula is C25H24N2O5. The standard InChI is InChI=1S/C25H24N2O5/c1-17(19-11-12-22-23(13-19)32-16-31-22)27-24(28)15-30-21-10-6-5-9-20(21)25(29)26-14-18-7-3-2-4-8-18/h2-13,17H,14-16H2,1H3,(H,26,29)(H,27,28). The van der Waals surface area contributed by atoms with Gasteiger partial charge < -0.3 is 24.8 Å². The quantitative estimate of drug-likeness (QED) is 0.568. The van der Waals surface area contributed by atoms with Crippen molar-refractivity contribution in [2.24, 2.45) is 0 Å². The maximum absolute atomic E-state index is 12.6. The number of amides is 2. The average molecular weight is 432 g/mol. The Labute approximate surface area is 186 Å². The van der Waals surface area contributed by atoms with E-state index in [0.717, 1.165) is 11.1 Å². The summed E-state index contributed by atoms with van der Waals surface area (Å²) in [6.07, 6.45) is 0. The number of carbonyl (C=O) groups excluding carboxylic acids is 2. The number of ether oxygens (including phenoxy) is 3. The van der Waals surface area contributed by atoms with E-state index >= 15 is 0 Å². The highest BCUT2D eigenvalue weighted by molar-refractivity contribution is 5.97. The van der Waals surface area contributed by atoms with Crippen molar-refractivity contribution in [2.45, 2.75) is 19.5 Å². The smallest absolute Gasteiger partial charge is 0.258 e. The third-order valence-corrected chi connectivity index (χ3v) is 5.06. The molecule has 0 radical (unpaired) electrons. The molecule has 0 aromatic heterocycles. The molecule has 2 amide bonds. The third kappa shape index (κ3) is 5.18. The lowest BCUT2D eigenvalue weighted by atomic mass is 10.1. The first kappa shape index (κ1) is 21.2. The number of hydrogen-bond acceptors (Lipinski definition) is 5. The zero-order valence-electron chi connectivity index (χ0n) is 17.7. The molecule has 1 heterocycles. The molecule has 164 valence electrons. The van der Waals surface area contributed by atoms with Crippen LogP contribution in [0.15, 0.2) is 72.8 Å². The van der Waals surface area contributed by atoms with Crippen molar-refractivity contribution < 1.29 is 23.8 Å². The maximum atomic E-state index is 12.6. The molecule has 2 N–H and O–H groups in total. The molecule has 7 nitrogen and oxygen atoms in total. The molecular weight excluding hydrogens is 408 g/mol. The summed E-state index contributed by atoms with van der Waals surface area (Å²) in [6, 6.07) is 21.8. The van der Waals surface area contributed by atoms with E-state index < -0.39 is 0 Å². The number of para-hydroxylation sites is 1. The van der Waals surface area contributed by atoms with Gasteiger partial charge in [0.05, 0.1) is 11.6 Å². The van der Waals surface area contributed by atoms with Gasteiger partial charge in [0, 0.05) is 6.54 Å². The molecule has 0 saturated carbocycles. The van der Waals surface area contributed by atoms with E-state index in [4.69, 9.17) is 14.2 Å². The fraction of sp³-hybridized carbons (Fsp3) is 0.200. The molecule has 7 heteroatoms. The van der Waals surface area contributed by atoms with Crippen LogP contribution < -0.4 is 24.8 Å². The van der Waals surface area contributed by atoms with Gasteiger partial charge in [0.25, 0.3) is 11.8 Å². The summed E-state index contributed by atoms with van der Waals surface area (Å²) in [4.78, 5) is 25.1. The summed E-state index contributed by atoms with van der Waals surface area (Å²) in [5.74, 6) is 1.14. The molecule has 0 aliphatic carbocycles. The van der Waals surface area contributed by atoms with Crippen molar-refractivity contribution in [1.29, 1.82) is 0 Å². The summed E-state index contributed by atoms with van der Waals surface area (Å²) in [5.41, 5.74) is 2.26. The Morgan fingerprint density at radius 2 is 1.72 bits per heavy atom. The minimum Gasteiger partial charge on any atom is -0.483 e. The van der Waals surface area contributed by atoms with E-state index in [2.05, 4.69) is 10.6 Å². The molecule has 0 spiro atoms. The summed E-state index contributed by atoms with van der Waals surface area (Å²) in [6.45, 7) is 2.27. The van der Waals surface area contributed by atoms with Crippen molar-refractivity contribution in [1.82, 2.24) is 10.6 Å². The average Bonchev–Trinajstić information content (AvgIpc) is 3.30. The van der Waals surface area contributed by atoms with Gasteiger partial charge in [-0.25, -0.2) is 0 Å². The van der Waals surface area contributed by atoms with Crippen LogP contribution in [0, 0.1) is 0 Å². The number of rotatable bonds is 8. The molecule has 1 unspecified atom stereocenters. The Bertz CT molecular complexity index is 1100. The lowest BCUT2D eigenvalue weighted by Gasteiger charge is -2.16. The molecule has 4 rings (SSSR count). The van der Waals surface area contributed by atoms with Gasteiger partial charge in [-0.3, -0.25) is 9.59 Å². The predicted molar refractivity (Wildman–Crippen MR) is 119 cm³/mol. The maximum Gasteiger partial charge on any atom is 0.258 e. The molecule has 0 fully saturated rings. The first-order chi connectivity index (χ1) is 15.6. The van der Waals surface area contributed by atoms with Gasteiger partial charge in [0.15, 0.2) is 18.1 Å². The van der Waals surface area contributed by atoms with E-state index in [1.54, 1.807) is 24.3 Å². The summed E-state index contributed by atoms with van der Waals surface area (Å²) >= 11 is 0. The topological polar surface area (TPSA) is 85.9 Å². The second kappa shape index (κ2) is 9.87. The van der Waals surface area contributed by atoms with Crippen LogP contribution in [-0.2, 0) is 11.3 Å². The van der Waals surface area contributed by atoms with Crippen molar-refractivity contribution in [3.8, 4) is 17.2 Å². The Morgan fingerprint density at radius 1 is 0.969 bits per heavy atom. The van der Waals surface area contributed by atoms with Crippen LogP contribution in [0.3, 0.4) is 0 Å². The van der Waals surface area contributed by atoms with Crippen LogP contribution >= 0.6 is 0 Å². The number of fused-ring (bicyclic) bond motifs is 1. The fourth-order valence-electron chi connectivity index (χ4n) is 3.35. The van der Waals surface area contributed by atoms with Crippen molar-refractivity contribution in [3.63, 3.8) is 0 Å². The highest BCUT2D eigenvalue weighted by atomic mass is 16.7. The van der Waals surface area contributed by atoms with E-state index in [1.165, 1.54) is 0 Å². The second-order valence-corrected chi connectivity index (χ2v) is 7.36. The minimum atomic E-state index is -0.297. The highest BCUT2D eigenvalue weighted by Gasteiger charge is 2.18. The van der Waals surface area contributed by atoms with Gasteiger partial charge in [-0.1, -0.05) is 48.5 Å². The van der Waals surface area contributed by atoms with Gasteiger partial charge in [0.1, 0.15) is 5.75 Å².